The molecule has 23 heavy (non-hydrogen) atoms. The standard InChI is InChI=1S/C14H21N3O5S/c1-2-14(13(18)19)5-3-6-17(14)23(20,21)12-8-15-16(9-12)11-4-7-22-10-11/h8-9,11H,2-7,10H2,1H3,(H,18,19). The van der Waals surface area contributed by atoms with Gasteiger partial charge >= 0.3 is 5.97 Å². The van der Waals surface area contributed by atoms with Gasteiger partial charge < -0.3 is 9.84 Å². The molecule has 1 aromatic heterocycles. The van der Waals surface area contributed by atoms with Crippen molar-refractivity contribution >= 4 is 16.0 Å². The lowest BCUT2D eigenvalue weighted by molar-refractivity contribution is -0.147. The van der Waals surface area contributed by atoms with Crippen LogP contribution in [-0.2, 0) is 19.6 Å². The lowest BCUT2D eigenvalue weighted by Gasteiger charge is -2.32. The SMILES string of the molecule is CCC1(C(=O)O)CCCN1S(=O)(=O)c1cnn(C2CCOC2)c1. The Morgan fingerprint density at radius 2 is 2.35 bits per heavy atom. The van der Waals surface area contributed by atoms with E-state index in [9.17, 15) is 18.3 Å². The minimum Gasteiger partial charge on any atom is -0.480 e. The molecular formula is C14H21N3O5S. The number of carboxylic acid groups (broad SMARTS) is 1. The van der Waals surface area contributed by atoms with Crippen molar-refractivity contribution in [1.29, 1.82) is 0 Å². The van der Waals surface area contributed by atoms with Crippen LogP contribution in [0, 0.1) is 0 Å². The zero-order chi connectivity index (χ0) is 16.7. The summed E-state index contributed by atoms with van der Waals surface area (Å²) < 4.78 is 33.9. The molecule has 0 bridgehead atoms. The van der Waals surface area contributed by atoms with Gasteiger partial charge in [-0.25, -0.2) is 8.42 Å². The fourth-order valence-corrected chi connectivity index (χ4v) is 5.24. The molecule has 2 fully saturated rings. The molecule has 0 radical (unpaired) electrons. The second kappa shape index (κ2) is 5.88. The highest BCUT2D eigenvalue weighted by Gasteiger charge is 2.52. The third-order valence-corrected chi connectivity index (χ3v) is 6.78. The molecule has 0 amide bonds. The van der Waals surface area contributed by atoms with Crippen molar-refractivity contribution in [2.75, 3.05) is 19.8 Å². The van der Waals surface area contributed by atoms with Gasteiger partial charge in [-0.2, -0.15) is 9.40 Å². The molecule has 2 saturated heterocycles. The number of aliphatic carboxylic acids is 1. The number of hydrogen-bond acceptors (Lipinski definition) is 5. The average molecular weight is 343 g/mol. The van der Waals surface area contributed by atoms with Gasteiger partial charge in [0.15, 0.2) is 0 Å². The Morgan fingerprint density at radius 1 is 1.57 bits per heavy atom. The van der Waals surface area contributed by atoms with E-state index in [1.54, 1.807) is 11.6 Å². The van der Waals surface area contributed by atoms with Crippen LogP contribution in [0.2, 0.25) is 0 Å². The van der Waals surface area contributed by atoms with E-state index in [0.717, 1.165) is 10.7 Å². The molecule has 2 aliphatic rings. The number of sulfonamides is 1. The van der Waals surface area contributed by atoms with Gasteiger partial charge in [0.25, 0.3) is 0 Å². The molecule has 0 spiro atoms. The van der Waals surface area contributed by atoms with E-state index in [4.69, 9.17) is 4.74 Å². The van der Waals surface area contributed by atoms with E-state index in [-0.39, 0.29) is 23.9 Å². The van der Waals surface area contributed by atoms with E-state index in [2.05, 4.69) is 5.10 Å². The molecular weight excluding hydrogens is 322 g/mol. The van der Waals surface area contributed by atoms with Crippen LogP contribution >= 0.6 is 0 Å². The Balaban J connectivity index is 1.93. The molecule has 0 aromatic carbocycles. The van der Waals surface area contributed by atoms with E-state index in [0.29, 0.717) is 26.1 Å². The van der Waals surface area contributed by atoms with Crippen LogP contribution in [0.4, 0.5) is 0 Å². The average Bonchev–Trinajstić information content (AvgIpc) is 3.25. The molecule has 1 N–H and O–H groups in total. The van der Waals surface area contributed by atoms with E-state index in [1.165, 1.54) is 12.4 Å². The smallest absolute Gasteiger partial charge is 0.325 e. The first-order valence-corrected chi connectivity index (χ1v) is 9.24. The van der Waals surface area contributed by atoms with E-state index >= 15 is 0 Å². The topological polar surface area (TPSA) is 102 Å². The lowest BCUT2D eigenvalue weighted by atomic mass is 9.95. The van der Waals surface area contributed by atoms with E-state index < -0.39 is 21.5 Å². The van der Waals surface area contributed by atoms with Gasteiger partial charge in [0, 0.05) is 19.3 Å². The van der Waals surface area contributed by atoms with Crippen LogP contribution in [-0.4, -0.2) is 58.9 Å². The summed E-state index contributed by atoms with van der Waals surface area (Å²) in [5.41, 5.74) is -1.35. The summed E-state index contributed by atoms with van der Waals surface area (Å²) in [7, 11) is -3.88. The summed E-state index contributed by atoms with van der Waals surface area (Å²) in [5, 5.41) is 13.7. The van der Waals surface area contributed by atoms with Crippen molar-refractivity contribution in [3.05, 3.63) is 12.4 Å². The van der Waals surface area contributed by atoms with Crippen LogP contribution in [0.3, 0.4) is 0 Å². The zero-order valence-corrected chi connectivity index (χ0v) is 13.8. The Morgan fingerprint density at radius 3 is 2.96 bits per heavy atom. The number of nitrogens with zero attached hydrogens (tertiary/aromatic N) is 3. The molecule has 0 aliphatic carbocycles. The van der Waals surface area contributed by atoms with Gasteiger partial charge in [0.1, 0.15) is 10.4 Å². The molecule has 3 heterocycles. The number of hydrogen-bond donors (Lipinski definition) is 1. The molecule has 2 atom stereocenters. The Bertz CT molecular complexity index is 695. The van der Waals surface area contributed by atoms with Gasteiger partial charge in [-0.1, -0.05) is 6.92 Å². The molecule has 1 aromatic rings. The van der Waals surface area contributed by atoms with Crippen molar-refractivity contribution in [3.8, 4) is 0 Å². The van der Waals surface area contributed by atoms with Crippen molar-refractivity contribution < 1.29 is 23.1 Å². The first kappa shape index (κ1) is 16.4. The first-order valence-electron chi connectivity index (χ1n) is 7.80. The van der Waals surface area contributed by atoms with Crippen molar-refractivity contribution in [2.45, 2.75) is 49.1 Å². The molecule has 0 saturated carbocycles. The highest BCUT2D eigenvalue weighted by Crippen LogP contribution is 2.37. The number of rotatable bonds is 5. The Hall–Kier alpha value is -1.45. The minimum atomic E-state index is -3.88. The normalized spacial score (nSPS) is 29.2. The molecule has 9 heteroatoms. The second-order valence-electron chi connectivity index (χ2n) is 6.04. The van der Waals surface area contributed by atoms with Gasteiger partial charge in [0.2, 0.25) is 10.0 Å². The van der Waals surface area contributed by atoms with Crippen LogP contribution in [0.15, 0.2) is 17.3 Å². The molecule has 8 nitrogen and oxygen atoms in total. The van der Waals surface area contributed by atoms with Crippen LogP contribution in [0.1, 0.15) is 38.6 Å². The Kier molecular flexibility index (Phi) is 4.19. The maximum Gasteiger partial charge on any atom is 0.325 e. The Labute approximate surface area is 135 Å². The first-order chi connectivity index (χ1) is 10.9. The van der Waals surface area contributed by atoms with Gasteiger partial charge in [0.05, 0.1) is 18.8 Å². The summed E-state index contributed by atoms with van der Waals surface area (Å²) in [6, 6.07) is 0.0351. The fraction of sp³-hybridized carbons (Fsp3) is 0.714. The summed E-state index contributed by atoms with van der Waals surface area (Å²) in [5.74, 6) is -1.09. The number of carboxylic acids is 1. The van der Waals surface area contributed by atoms with Gasteiger partial charge in [-0.15, -0.1) is 0 Å². The van der Waals surface area contributed by atoms with Crippen LogP contribution in [0.5, 0.6) is 0 Å². The summed E-state index contributed by atoms with van der Waals surface area (Å²) in [6.07, 6.45) is 4.70. The van der Waals surface area contributed by atoms with Crippen LogP contribution in [0.25, 0.3) is 0 Å². The molecule has 3 rings (SSSR count). The summed E-state index contributed by atoms with van der Waals surface area (Å²) in [6.45, 7) is 3.08. The maximum atomic E-state index is 12.9. The number of ether oxygens (including phenoxy) is 1. The zero-order valence-electron chi connectivity index (χ0n) is 13.0. The van der Waals surface area contributed by atoms with Crippen molar-refractivity contribution in [1.82, 2.24) is 14.1 Å². The number of carbonyl (C=O) groups is 1. The fourth-order valence-electron chi connectivity index (χ4n) is 3.43. The predicted octanol–water partition coefficient (Wildman–Crippen LogP) is 0.862. The largest absolute Gasteiger partial charge is 0.480 e. The third-order valence-electron chi connectivity index (χ3n) is 4.86. The summed E-state index contributed by atoms with van der Waals surface area (Å²) in [4.78, 5) is 11.8. The van der Waals surface area contributed by atoms with Crippen molar-refractivity contribution in [2.24, 2.45) is 0 Å². The van der Waals surface area contributed by atoms with Crippen molar-refractivity contribution in [3.63, 3.8) is 0 Å². The molecule has 128 valence electrons. The quantitative estimate of drug-likeness (QED) is 0.851. The van der Waals surface area contributed by atoms with E-state index in [1.807, 2.05) is 0 Å². The monoisotopic (exact) mass is 343 g/mol. The van der Waals surface area contributed by atoms with Gasteiger partial charge in [-0.3, -0.25) is 9.48 Å². The van der Waals surface area contributed by atoms with Crippen LogP contribution < -0.4 is 0 Å². The highest BCUT2D eigenvalue weighted by atomic mass is 32.2. The number of aromatic nitrogens is 2. The second-order valence-corrected chi connectivity index (χ2v) is 7.91. The molecule has 2 unspecified atom stereocenters. The predicted molar refractivity (Wildman–Crippen MR) is 80.5 cm³/mol. The lowest BCUT2D eigenvalue weighted by Crippen LogP contribution is -2.52. The highest BCUT2D eigenvalue weighted by molar-refractivity contribution is 7.89. The third kappa shape index (κ3) is 2.56. The molecule has 2 aliphatic heterocycles. The summed E-state index contributed by atoms with van der Waals surface area (Å²) >= 11 is 0. The minimum absolute atomic E-state index is 0.0351. The van der Waals surface area contributed by atoms with Gasteiger partial charge in [-0.05, 0) is 25.7 Å². The maximum absolute atomic E-state index is 12.9.